The summed E-state index contributed by atoms with van der Waals surface area (Å²) in [4.78, 5) is 13.5. The summed E-state index contributed by atoms with van der Waals surface area (Å²) in [6.45, 7) is 4.78. The number of aryl methyl sites for hydroxylation is 2. The van der Waals surface area contributed by atoms with Gasteiger partial charge in [0.25, 0.3) is 6.43 Å². The van der Waals surface area contributed by atoms with Crippen LogP contribution in [0.2, 0.25) is 0 Å². The van der Waals surface area contributed by atoms with Crippen molar-refractivity contribution in [3.05, 3.63) is 52.9 Å². The van der Waals surface area contributed by atoms with Crippen LogP contribution >= 0.6 is 0 Å². The molecule has 24 heavy (non-hydrogen) atoms. The Bertz CT molecular complexity index is 654. The van der Waals surface area contributed by atoms with E-state index in [9.17, 15) is 13.6 Å². The predicted molar refractivity (Wildman–Crippen MR) is 85.8 cm³/mol. The quantitative estimate of drug-likeness (QED) is 0.871. The summed E-state index contributed by atoms with van der Waals surface area (Å²) in [6.07, 6.45) is -2.60. The Hall–Kier alpha value is -2.44. The zero-order valence-corrected chi connectivity index (χ0v) is 13.9. The molecule has 2 rings (SSSR count). The lowest BCUT2D eigenvalue weighted by Crippen LogP contribution is -2.43. The highest BCUT2D eigenvalue weighted by atomic mass is 19.3. The van der Waals surface area contributed by atoms with Crippen LogP contribution in [0.4, 0.5) is 13.6 Å². The Morgan fingerprint density at radius 1 is 1.29 bits per heavy atom. The van der Waals surface area contributed by atoms with Gasteiger partial charge in [-0.25, -0.2) is 13.6 Å². The highest BCUT2D eigenvalue weighted by Crippen LogP contribution is 2.21. The van der Waals surface area contributed by atoms with Crippen molar-refractivity contribution in [1.29, 1.82) is 0 Å². The highest BCUT2D eigenvalue weighted by Gasteiger charge is 2.23. The molecule has 0 radical (unpaired) electrons. The van der Waals surface area contributed by atoms with Gasteiger partial charge in [-0.2, -0.15) is 0 Å². The molecule has 1 heterocycles. The van der Waals surface area contributed by atoms with Crippen molar-refractivity contribution in [3.8, 4) is 0 Å². The van der Waals surface area contributed by atoms with Gasteiger partial charge in [-0.1, -0.05) is 35.5 Å². The van der Waals surface area contributed by atoms with Gasteiger partial charge >= 0.3 is 6.03 Å². The first-order valence-electron chi connectivity index (χ1n) is 7.68. The molecule has 1 aromatic carbocycles. The van der Waals surface area contributed by atoms with E-state index in [1.165, 1.54) is 0 Å². The molecular weight excluding hydrogens is 316 g/mol. The van der Waals surface area contributed by atoms with E-state index in [-0.39, 0.29) is 12.6 Å². The molecule has 0 saturated heterocycles. The molecule has 2 aromatic rings. The molecule has 0 aliphatic heterocycles. The number of nitrogens with zero attached hydrogens (tertiary/aromatic N) is 2. The van der Waals surface area contributed by atoms with Crippen LogP contribution in [0.5, 0.6) is 0 Å². The van der Waals surface area contributed by atoms with E-state index in [0.717, 1.165) is 16.0 Å². The molecule has 0 bridgehead atoms. The maximum absolute atomic E-state index is 12.8. The zero-order chi connectivity index (χ0) is 17.7. The maximum Gasteiger partial charge on any atom is 0.318 e. The van der Waals surface area contributed by atoms with Crippen LogP contribution in [0.15, 0.2) is 34.9 Å². The fourth-order valence-electron chi connectivity index (χ4n) is 2.65. The number of carbonyl (C=O) groups is 1. The van der Waals surface area contributed by atoms with Gasteiger partial charge in [0.05, 0.1) is 18.3 Å². The van der Waals surface area contributed by atoms with E-state index >= 15 is 0 Å². The van der Waals surface area contributed by atoms with Gasteiger partial charge < -0.3 is 14.7 Å². The Balaban J connectivity index is 2.09. The topological polar surface area (TPSA) is 58.4 Å². The van der Waals surface area contributed by atoms with Crippen molar-refractivity contribution in [2.24, 2.45) is 0 Å². The Morgan fingerprint density at radius 3 is 2.50 bits per heavy atom. The van der Waals surface area contributed by atoms with E-state index < -0.39 is 19.0 Å². The summed E-state index contributed by atoms with van der Waals surface area (Å²) in [7, 11) is 0. The number of alkyl halides is 2. The van der Waals surface area contributed by atoms with Gasteiger partial charge in [0.2, 0.25) is 0 Å². The first-order valence-corrected chi connectivity index (χ1v) is 7.68. The van der Waals surface area contributed by atoms with E-state index in [2.05, 4.69) is 10.5 Å². The largest absolute Gasteiger partial charge is 0.361 e. The van der Waals surface area contributed by atoms with Gasteiger partial charge in [0, 0.05) is 12.1 Å². The molecule has 5 nitrogen and oxygen atoms in total. The molecular formula is C17H21F2N3O2. The third kappa shape index (κ3) is 4.53. The van der Waals surface area contributed by atoms with Crippen molar-refractivity contribution in [2.45, 2.75) is 39.8 Å². The van der Waals surface area contributed by atoms with Crippen LogP contribution in [0.3, 0.4) is 0 Å². The minimum atomic E-state index is -2.60. The van der Waals surface area contributed by atoms with Crippen molar-refractivity contribution in [3.63, 3.8) is 0 Å². The van der Waals surface area contributed by atoms with Gasteiger partial charge in [-0.3, -0.25) is 0 Å². The molecule has 1 unspecified atom stereocenters. The molecule has 1 atom stereocenters. The number of rotatable bonds is 6. The molecule has 0 aliphatic carbocycles. The third-order valence-corrected chi connectivity index (χ3v) is 3.72. The molecule has 1 aromatic heterocycles. The zero-order valence-electron chi connectivity index (χ0n) is 13.9. The van der Waals surface area contributed by atoms with Crippen LogP contribution in [0.1, 0.15) is 35.5 Å². The number of halogens is 2. The number of nitrogens with one attached hydrogen (secondary N) is 1. The second-order valence-electron chi connectivity index (χ2n) is 5.67. The monoisotopic (exact) mass is 337 g/mol. The average Bonchev–Trinajstić information content (AvgIpc) is 2.86. The molecule has 0 saturated carbocycles. The molecule has 1 N–H and O–H groups in total. The second kappa shape index (κ2) is 7.90. The number of aromatic nitrogens is 1. The summed E-state index contributed by atoms with van der Waals surface area (Å²) >= 11 is 0. The highest BCUT2D eigenvalue weighted by molar-refractivity contribution is 5.74. The molecule has 0 fully saturated rings. The summed E-state index contributed by atoms with van der Waals surface area (Å²) in [5, 5.41) is 6.59. The lowest BCUT2D eigenvalue weighted by atomic mass is 10.1. The molecule has 130 valence electrons. The Labute approximate surface area is 139 Å². The average molecular weight is 337 g/mol. The Kier molecular flexibility index (Phi) is 5.89. The smallest absolute Gasteiger partial charge is 0.318 e. The summed E-state index contributed by atoms with van der Waals surface area (Å²) in [5.41, 5.74) is 2.22. The summed E-state index contributed by atoms with van der Waals surface area (Å²) < 4.78 is 30.8. The van der Waals surface area contributed by atoms with Gasteiger partial charge in [0.1, 0.15) is 5.76 Å². The van der Waals surface area contributed by atoms with Crippen LogP contribution in [0.25, 0.3) is 0 Å². The molecule has 0 spiro atoms. The van der Waals surface area contributed by atoms with Crippen LogP contribution in [-0.2, 0) is 6.54 Å². The number of hydrogen-bond donors (Lipinski definition) is 1. The van der Waals surface area contributed by atoms with E-state index in [1.54, 1.807) is 45.0 Å². The maximum atomic E-state index is 12.8. The van der Waals surface area contributed by atoms with Crippen LogP contribution < -0.4 is 5.32 Å². The van der Waals surface area contributed by atoms with Gasteiger partial charge in [-0.15, -0.1) is 0 Å². The van der Waals surface area contributed by atoms with Crippen molar-refractivity contribution in [1.82, 2.24) is 15.4 Å². The van der Waals surface area contributed by atoms with Crippen molar-refractivity contribution >= 4 is 6.03 Å². The summed E-state index contributed by atoms with van der Waals surface area (Å²) in [6, 6.07) is 8.10. The number of urea groups is 1. The fourth-order valence-corrected chi connectivity index (χ4v) is 2.65. The molecule has 0 aliphatic rings. The van der Waals surface area contributed by atoms with Crippen LogP contribution in [0, 0.1) is 13.8 Å². The predicted octanol–water partition coefficient (Wildman–Crippen LogP) is 3.83. The summed E-state index contributed by atoms with van der Waals surface area (Å²) in [5.74, 6) is 0.601. The number of carbonyl (C=O) groups excluding carboxylic acids is 1. The number of benzene rings is 1. The van der Waals surface area contributed by atoms with Gasteiger partial charge in [-0.05, 0) is 26.3 Å². The number of hydrogen-bond acceptors (Lipinski definition) is 3. The first kappa shape index (κ1) is 17.9. The van der Waals surface area contributed by atoms with Crippen molar-refractivity contribution < 1.29 is 18.1 Å². The fraction of sp³-hybridized carbons (Fsp3) is 0.412. The van der Waals surface area contributed by atoms with Crippen LogP contribution in [-0.4, -0.2) is 29.1 Å². The minimum absolute atomic E-state index is 0.116. The van der Waals surface area contributed by atoms with Gasteiger partial charge in [0.15, 0.2) is 0 Å². The van der Waals surface area contributed by atoms with E-state index in [4.69, 9.17) is 4.52 Å². The SMILES string of the molecule is Cc1noc(C)c1C(C)NC(=O)N(Cc1ccccc1)CC(F)F. The third-order valence-electron chi connectivity index (χ3n) is 3.72. The first-order chi connectivity index (χ1) is 11.4. The molecule has 2 amide bonds. The lowest BCUT2D eigenvalue weighted by molar-refractivity contribution is 0.0949. The number of amides is 2. The van der Waals surface area contributed by atoms with Crippen molar-refractivity contribution in [2.75, 3.05) is 6.54 Å². The normalized spacial score (nSPS) is 12.2. The second-order valence-corrected chi connectivity index (χ2v) is 5.67. The lowest BCUT2D eigenvalue weighted by Gasteiger charge is -2.25. The standard InChI is InChI=1S/C17H21F2N3O2/c1-11(16-12(2)21-24-13(16)3)20-17(23)22(10-15(18)19)9-14-7-5-4-6-8-14/h4-8,11,15H,9-10H2,1-3H3,(H,20,23). The Morgan fingerprint density at radius 2 is 1.96 bits per heavy atom. The van der Waals surface area contributed by atoms with E-state index in [0.29, 0.717) is 11.5 Å². The minimum Gasteiger partial charge on any atom is -0.361 e. The van der Waals surface area contributed by atoms with E-state index in [1.807, 2.05) is 6.07 Å². The molecule has 7 heteroatoms.